The molecule has 0 aliphatic carbocycles. The van der Waals surface area contributed by atoms with Crippen LogP contribution in [-0.2, 0) is 24.5 Å². The molecular weight excluding hydrogens is 318 g/mol. The Morgan fingerprint density at radius 2 is 1.36 bits per heavy atom. The number of esters is 2. The van der Waals surface area contributed by atoms with Crippen molar-refractivity contribution in [3.05, 3.63) is 29.8 Å². The van der Waals surface area contributed by atoms with E-state index in [1.807, 2.05) is 6.92 Å². The normalized spacial score (nSPS) is 12.6. The minimum Gasteiger partial charge on any atom is -0.459 e. The van der Waals surface area contributed by atoms with Crippen LogP contribution in [0.4, 0.5) is 5.69 Å². The van der Waals surface area contributed by atoms with Crippen molar-refractivity contribution >= 4 is 17.6 Å². The molecule has 0 spiro atoms. The summed E-state index contributed by atoms with van der Waals surface area (Å²) in [5, 5.41) is 0. The third kappa shape index (κ3) is 5.21. The lowest BCUT2D eigenvalue weighted by molar-refractivity contribution is -0.178. The molecule has 1 aromatic carbocycles. The Labute approximate surface area is 150 Å². The van der Waals surface area contributed by atoms with Crippen LogP contribution < -0.4 is 5.73 Å². The lowest BCUT2D eigenvalue weighted by Gasteiger charge is -2.35. The summed E-state index contributed by atoms with van der Waals surface area (Å²) in [6, 6.07) is 6.89. The minimum absolute atomic E-state index is 0.255. The van der Waals surface area contributed by atoms with Gasteiger partial charge in [0.1, 0.15) is 11.2 Å². The van der Waals surface area contributed by atoms with Crippen LogP contribution in [0.5, 0.6) is 0 Å². The third-order valence-electron chi connectivity index (χ3n) is 3.54. The molecule has 140 valence electrons. The van der Waals surface area contributed by atoms with E-state index in [-0.39, 0.29) is 6.42 Å². The van der Waals surface area contributed by atoms with Gasteiger partial charge in [-0.05, 0) is 54.0 Å². The van der Waals surface area contributed by atoms with Crippen molar-refractivity contribution in [2.24, 2.45) is 0 Å². The summed E-state index contributed by atoms with van der Waals surface area (Å²) in [6.07, 6.45) is 0.845. The molecule has 0 fully saturated rings. The van der Waals surface area contributed by atoms with E-state index in [1.54, 1.807) is 65.8 Å². The van der Waals surface area contributed by atoms with E-state index in [2.05, 4.69) is 0 Å². The molecule has 0 bridgehead atoms. The van der Waals surface area contributed by atoms with E-state index in [0.29, 0.717) is 17.7 Å². The molecule has 0 radical (unpaired) electrons. The molecule has 0 atom stereocenters. The first-order valence-corrected chi connectivity index (χ1v) is 8.65. The van der Waals surface area contributed by atoms with Gasteiger partial charge in [0.15, 0.2) is 5.41 Å². The number of benzene rings is 1. The third-order valence-corrected chi connectivity index (χ3v) is 3.54. The average Bonchev–Trinajstić information content (AvgIpc) is 2.41. The largest absolute Gasteiger partial charge is 0.459 e. The van der Waals surface area contributed by atoms with Gasteiger partial charge in [-0.25, -0.2) is 0 Å². The fourth-order valence-electron chi connectivity index (χ4n) is 2.63. The highest BCUT2D eigenvalue weighted by Gasteiger charge is 2.52. The highest BCUT2D eigenvalue weighted by Crippen LogP contribution is 2.38. The van der Waals surface area contributed by atoms with Gasteiger partial charge in [-0.2, -0.15) is 0 Å². The van der Waals surface area contributed by atoms with Gasteiger partial charge >= 0.3 is 11.9 Å². The molecule has 0 heterocycles. The van der Waals surface area contributed by atoms with Crippen molar-refractivity contribution in [3.63, 3.8) is 0 Å². The smallest absolute Gasteiger partial charge is 0.328 e. The van der Waals surface area contributed by atoms with Crippen molar-refractivity contribution in [2.45, 2.75) is 77.9 Å². The zero-order valence-corrected chi connectivity index (χ0v) is 16.4. The van der Waals surface area contributed by atoms with Gasteiger partial charge in [0, 0.05) is 11.3 Å². The number of hydrogen-bond acceptors (Lipinski definition) is 5. The first-order valence-electron chi connectivity index (χ1n) is 8.65. The standard InChI is InChI=1S/C20H31NO4/c1-8-13-20(16(22)24-18(2,3)4,17(23)25-19(5,6)7)14-11-9-10-12-15(14)21/h9-12H,8,13,21H2,1-7H3. The lowest BCUT2D eigenvalue weighted by atomic mass is 9.75. The van der Waals surface area contributed by atoms with Crippen LogP contribution in [0, 0.1) is 0 Å². The van der Waals surface area contributed by atoms with Gasteiger partial charge in [-0.1, -0.05) is 31.5 Å². The number of para-hydroxylation sites is 1. The monoisotopic (exact) mass is 349 g/mol. The number of anilines is 1. The average molecular weight is 349 g/mol. The molecule has 2 N–H and O–H groups in total. The van der Waals surface area contributed by atoms with Gasteiger partial charge in [0.05, 0.1) is 0 Å². The SMILES string of the molecule is CCCC(C(=O)OC(C)(C)C)(C(=O)OC(C)(C)C)c1ccccc1N. The Balaban J connectivity index is 3.58. The highest BCUT2D eigenvalue weighted by molar-refractivity contribution is 6.07. The van der Waals surface area contributed by atoms with E-state index < -0.39 is 28.6 Å². The maximum absolute atomic E-state index is 13.2. The maximum atomic E-state index is 13.2. The summed E-state index contributed by atoms with van der Waals surface area (Å²) in [7, 11) is 0. The first kappa shape index (κ1) is 21.0. The number of carbonyl (C=O) groups excluding carboxylic acids is 2. The van der Waals surface area contributed by atoms with Crippen LogP contribution in [-0.4, -0.2) is 23.1 Å². The molecule has 0 unspecified atom stereocenters. The first-order chi connectivity index (χ1) is 11.3. The van der Waals surface area contributed by atoms with Crippen LogP contribution in [0.25, 0.3) is 0 Å². The molecule has 0 aliphatic rings. The van der Waals surface area contributed by atoms with Gasteiger partial charge in [0.2, 0.25) is 0 Å². The number of ether oxygens (including phenoxy) is 2. The molecule has 1 aromatic rings. The molecule has 5 nitrogen and oxygen atoms in total. The Hall–Kier alpha value is -2.04. The highest BCUT2D eigenvalue weighted by atomic mass is 16.6. The minimum atomic E-state index is -1.58. The lowest BCUT2D eigenvalue weighted by Crippen LogP contribution is -2.50. The number of hydrogen-bond donors (Lipinski definition) is 1. The molecule has 0 saturated heterocycles. The molecule has 5 heteroatoms. The summed E-state index contributed by atoms with van der Waals surface area (Å²) >= 11 is 0. The summed E-state index contributed by atoms with van der Waals surface area (Å²) in [4.78, 5) is 26.3. The summed E-state index contributed by atoms with van der Waals surface area (Å²) in [5.41, 5.74) is 3.87. The van der Waals surface area contributed by atoms with Crippen LogP contribution >= 0.6 is 0 Å². The van der Waals surface area contributed by atoms with E-state index in [1.165, 1.54) is 0 Å². The van der Waals surface area contributed by atoms with Gasteiger partial charge in [-0.15, -0.1) is 0 Å². The molecule has 0 saturated carbocycles. The Morgan fingerprint density at radius 3 is 1.72 bits per heavy atom. The zero-order chi connectivity index (χ0) is 19.5. The van der Waals surface area contributed by atoms with Crippen molar-refractivity contribution in [1.29, 1.82) is 0 Å². The quantitative estimate of drug-likeness (QED) is 0.494. The molecule has 1 rings (SSSR count). The van der Waals surface area contributed by atoms with E-state index in [4.69, 9.17) is 15.2 Å². The number of nitrogen functional groups attached to an aromatic ring is 1. The van der Waals surface area contributed by atoms with Crippen LogP contribution in [0.15, 0.2) is 24.3 Å². The van der Waals surface area contributed by atoms with Gasteiger partial charge in [0.25, 0.3) is 0 Å². The Kier molecular flexibility index (Phi) is 6.27. The van der Waals surface area contributed by atoms with Crippen LogP contribution in [0.1, 0.15) is 66.9 Å². The van der Waals surface area contributed by atoms with E-state index in [9.17, 15) is 9.59 Å². The zero-order valence-electron chi connectivity index (χ0n) is 16.4. The second kappa shape index (κ2) is 7.46. The Bertz CT molecular complexity index is 595. The molecule has 0 aliphatic heterocycles. The van der Waals surface area contributed by atoms with Gasteiger partial charge in [-0.3, -0.25) is 9.59 Å². The van der Waals surface area contributed by atoms with Crippen LogP contribution in [0.3, 0.4) is 0 Å². The number of nitrogens with two attached hydrogens (primary N) is 1. The Morgan fingerprint density at radius 1 is 0.920 bits per heavy atom. The molecule has 0 amide bonds. The number of rotatable bonds is 5. The van der Waals surface area contributed by atoms with E-state index in [0.717, 1.165) is 0 Å². The second-order valence-electron chi connectivity index (χ2n) is 8.25. The fourth-order valence-corrected chi connectivity index (χ4v) is 2.63. The predicted molar refractivity (Wildman–Crippen MR) is 99.1 cm³/mol. The predicted octanol–water partition coefficient (Wildman–Crippen LogP) is 3.99. The van der Waals surface area contributed by atoms with Gasteiger partial charge < -0.3 is 15.2 Å². The van der Waals surface area contributed by atoms with Crippen molar-refractivity contribution in [3.8, 4) is 0 Å². The topological polar surface area (TPSA) is 78.6 Å². The second-order valence-corrected chi connectivity index (χ2v) is 8.25. The summed E-state index contributed by atoms with van der Waals surface area (Å²) < 4.78 is 11.2. The van der Waals surface area contributed by atoms with Crippen molar-refractivity contribution in [2.75, 3.05) is 5.73 Å². The van der Waals surface area contributed by atoms with Crippen molar-refractivity contribution < 1.29 is 19.1 Å². The number of carbonyl (C=O) groups is 2. The fraction of sp³-hybridized carbons (Fsp3) is 0.600. The molecule has 0 aromatic heterocycles. The van der Waals surface area contributed by atoms with E-state index >= 15 is 0 Å². The van der Waals surface area contributed by atoms with Crippen molar-refractivity contribution in [1.82, 2.24) is 0 Å². The summed E-state index contributed by atoms with van der Waals surface area (Å²) in [6.45, 7) is 12.5. The maximum Gasteiger partial charge on any atom is 0.328 e. The summed E-state index contributed by atoms with van der Waals surface area (Å²) in [5.74, 6) is -1.26. The molecular formula is C20H31NO4. The molecule has 25 heavy (non-hydrogen) atoms. The van der Waals surface area contributed by atoms with Crippen LogP contribution in [0.2, 0.25) is 0 Å².